The van der Waals surface area contributed by atoms with Crippen molar-refractivity contribution >= 4 is 21.6 Å². The Bertz CT molecular complexity index is 1300. The number of carbonyl (C=O) groups excluding carboxylic acids is 1. The summed E-state index contributed by atoms with van der Waals surface area (Å²) in [5.41, 5.74) is 3.84. The number of nitrogens with zero attached hydrogens (tertiary/aromatic N) is 1. The average Bonchev–Trinajstić information content (AvgIpc) is 2.81. The van der Waals surface area contributed by atoms with E-state index in [1.54, 1.807) is 32.0 Å². The molecule has 35 heavy (non-hydrogen) atoms. The number of benzene rings is 3. The van der Waals surface area contributed by atoms with Gasteiger partial charge in [0.25, 0.3) is 0 Å². The molecule has 3 aromatic carbocycles. The summed E-state index contributed by atoms with van der Waals surface area (Å²) in [6, 6.07) is 18.5. The van der Waals surface area contributed by atoms with Gasteiger partial charge in [0, 0.05) is 18.3 Å². The lowest BCUT2D eigenvalue weighted by molar-refractivity contribution is -0.116. The van der Waals surface area contributed by atoms with E-state index in [4.69, 9.17) is 9.47 Å². The first-order chi connectivity index (χ1) is 16.7. The highest BCUT2D eigenvalue weighted by molar-refractivity contribution is 7.89. The van der Waals surface area contributed by atoms with Gasteiger partial charge < -0.3 is 14.8 Å². The summed E-state index contributed by atoms with van der Waals surface area (Å²) in [5, 5.41) is 2.80. The first-order valence-corrected chi connectivity index (χ1v) is 13.0. The zero-order valence-electron chi connectivity index (χ0n) is 20.2. The maximum atomic E-state index is 13.8. The van der Waals surface area contributed by atoms with Gasteiger partial charge in [-0.25, -0.2) is 8.42 Å². The predicted octanol–water partition coefficient (Wildman–Crippen LogP) is 4.26. The fraction of sp³-hybridized carbons (Fsp3) is 0.296. The van der Waals surface area contributed by atoms with Crippen molar-refractivity contribution in [3.05, 3.63) is 82.9 Å². The molecule has 0 saturated carbocycles. The average molecular weight is 495 g/mol. The monoisotopic (exact) mass is 494 g/mol. The molecule has 1 aliphatic heterocycles. The van der Waals surface area contributed by atoms with Crippen molar-refractivity contribution in [2.24, 2.45) is 0 Å². The van der Waals surface area contributed by atoms with Gasteiger partial charge in [-0.3, -0.25) is 4.79 Å². The molecule has 8 heteroatoms. The van der Waals surface area contributed by atoms with E-state index in [-0.39, 0.29) is 18.0 Å². The number of ether oxygens (including phenoxy) is 2. The molecule has 0 atom stereocenters. The molecular formula is C27H30N2O5S. The van der Waals surface area contributed by atoms with E-state index >= 15 is 0 Å². The lowest BCUT2D eigenvalue weighted by Crippen LogP contribution is -2.39. The van der Waals surface area contributed by atoms with E-state index < -0.39 is 15.9 Å². The topological polar surface area (TPSA) is 84.9 Å². The first kappa shape index (κ1) is 24.8. The lowest BCUT2D eigenvalue weighted by Gasteiger charge is -2.24. The zero-order valence-corrected chi connectivity index (χ0v) is 21.0. The van der Waals surface area contributed by atoms with Crippen molar-refractivity contribution in [1.82, 2.24) is 4.31 Å². The number of hydrogen-bond acceptors (Lipinski definition) is 5. The maximum absolute atomic E-state index is 13.8. The molecule has 0 saturated heterocycles. The van der Waals surface area contributed by atoms with Crippen LogP contribution in [0.2, 0.25) is 0 Å². The van der Waals surface area contributed by atoms with Gasteiger partial charge in [0.15, 0.2) is 11.5 Å². The van der Waals surface area contributed by atoms with Gasteiger partial charge in [-0.1, -0.05) is 48.0 Å². The van der Waals surface area contributed by atoms with Crippen LogP contribution in [0.1, 0.15) is 22.3 Å². The number of hydrogen-bond donors (Lipinski definition) is 1. The van der Waals surface area contributed by atoms with E-state index in [0.29, 0.717) is 47.9 Å². The number of rotatable bonds is 8. The third-order valence-corrected chi connectivity index (χ3v) is 7.99. The molecule has 3 aromatic rings. The summed E-state index contributed by atoms with van der Waals surface area (Å²) >= 11 is 0. The van der Waals surface area contributed by atoms with Gasteiger partial charge in [0.1, 0.15) is 13.2 Å². The van der Waals surface area contributed by atoms with Crippen molar-refractivity contribution in [2.45, 2.75) is 32.1 Å². The second kappa shape index (κ2) is 10.5. The molecule has 0 aromatic heterocycles. The standard InChI is InChI=1S/C27H30N2O5S/c1-19-15-20(2)27(21(3)16-19)35(31,32)29(12-11-22-7-5-4-6-8-22)18-26(30)28-23-9-10-24-25(17-23)34-14-13-33-24/h4-10,15-17H,11-14,18H2,1-3H3,(H,28,30). The number of anilines is 1. The van der Waals surface area contributed by atoms with Gasteiger partial charge in [-0.15, -0.1) is 0 Å². The van der Waals surface area contributed by atoms with Crippen LogP contribution in [-0.2, 0) is 21.2 Å². The molecule has 0 bridgehead atoms. The van der Waals surface area contributed by atoms with Crippen LogP contribution in [-0.4, -0.2) is 44.9 Å². The molecule has 1 amide bonds. The predicted molar refractivity (Wildman–Crippen MR) is 136 cm³/mol. The zero-order chi connectivity index (χ0) is 25.0. The molecule has 0 aliphatic carbocycles. The molecule has 1 N–H and O–H groups in total. The van der Waals surface area contributed by atoms with Crippen molar-refractivity contribution in [1.29, 1.82) is 0 Å². The van der Waals surface area contributed by atoms with Gasteiger partial charge in [-0.05, 0) is 56.0 Å². The number of carbonyl (C=O) groups is 1. The van der Waals surface area contributed by atoms with E-state index in [2.05, 4.69) is 5.32 Å². The van der Waals surface area contributed by atoms with Crippen molar-refractivity contribution < 1.29 is 22.7 Å². The van der Waals surface area contributed by atoms with Crippen LogP contribution in [0.3, 0.4) is 0 Å². The fourth-order valence-corrected chi connectivity index (χ4v) is 6.18. The van der Waals surface area contributed by atoms with E-state index in [9.17, 15) is 13.2 Å². The number of aryl methyl sites for hydroxylation is 3. The number of sulfonamides is 1. The molecule has 0 unspecified atom stereocenters. The van der Waals surface area contributed by atoms with Crippen LogP contribution in [0.15, 0.2) is 65.6 Å². The van der Waals surface area contributed by atoms with Gasteiger partial charge in [0.05, 0.1) is 11.4 Å². The summed E-state index contributed by atoms with van der Waals surface area (Å²) in [7, 11) is -3.92. The molecule has 7 nitrogen and oxygen atoms in total. The normalized spacial score (nSPS) is 13.0. The van der Waals surface area contributed by atoms with Crippen LogP contribution in [0.25, 0.3) is 0 Å². The number of fused-ring (bicyclic) bond motifs is 1. The Kier molecular flexibility index (Phi) is 7.42. The summed E-state index contributed by atoms with van der Waals surface area (Å²) in [6.45, 7) is 6.29. The van der Waals surface area contributed by atoms with Crippen LogP contribution in [0, 0.1) is 20.8 Å². The third-order valence-electron chi connectivity index (χ3n) is 5.84. The SMILES string of the molecule is Cc1cc(C)c(S(=O)(=O)N(CCc2ccccc2)CC(=O)Nc2ccc3c(c2)OCCO3)c(C)c1. The molecule has 0 spiro atoms. The van der Waals surface area contributed by atoms with Gasteiger partial charge >= 0.3 is 0 Å². The highest BCUT2D eigenvalue weighted by atomic mass is 32.2. The van der Waals surface area contributed by atoms with Crippen molar-refractivity contribution in [3.8, 4) is 11.5 Å². The molecule has 0 radical (unpaired) electrons. The van der Waals surface area contributed by atoms with Crippen LogP contribution < -0.4 is 14.8 Å². The number of amides is 1. The molecule has 1 heterocycles. The van der Waals surface area contributed by atoms with Crippen LogP contribution in [0.4, 0.5) is 5.69 Å². The molecule has 4 rings (SSSR count). The molecular weight excluding hydrogens is 464 g/mol. The Morgan fingerprint density at radius 2 is 1.57 bits per heavy atom. The minimum absolute atomic E-state index is 0.174. The van der Waals surface area contributed by atoms with Crippen LogP contribution in [0.5, 0.6) is 11.5 Å². The Balaban J connectivity index is 1.58. The second-order valence-corrected chi connectivity index (χ2v) is 10.6. The van der Waals surface area contributed by atoms with Crippen molar-refractivity contribution in [3.63, 3.8) is 0 Å². The number of nitrogens with one attached hydrogen (secondary N) is 1. The van der Waals surface area contributed by atoms with E-state index in [0.717, 1.165) is 11.1 Å². The fourth-order valence-electron chi connectivity index (χ4n) is 4.37. The Hall–Kier alpha value is -3.36. The summed E-state index contributed by atoms with van der Waals surface area (Å²) in [6.07, 6.45) is 0.487. The lowest BCUT2D eigenvalue weighted by atomic mass is 10.1. The summed E-state index contributed by atoms with van der Waals surface area (Å²) in [4.78, 5) is 13.3. The Labute approximate surface area is 206 Å². The maximum Gasteiger partial charge on any atom is 0.244 e. The highest BCUT2D eigenvalue weighted by Gasteiger charge is 2.29. The Morgan fingerprint density at radius 3 is 2.26 bits per heavy atom. The molecule has 184 valence electrons. The first-order valence-electron chi connectivity index (χ1n) is 11.6. The Morgan fingerprint density at radius 1 is 0.914 bits per heavy atom. The third kappa shape index (κ3) is 5.83. The van der Waals surface area contributed by atoms with Gasteiger partial charge in [-0.2, -0.15) is 4.31 Å². The van der Waals surface area contributed by atoms with Crippen molar-refractivity contribution in [2.75, 3.05) is 31.6 Å². The van der Waals surface area contributed by atoms with E-state index in [1.807, 2.05) is 49.4 Å². The summed E-state index contributed by atoms with van der Waals surface area (Å²) in [5.74, 6) is 0.737. The smallest absolute Gasteiger partial charge is 0.244 e. The van der Waals surface area contributed by atoms with E-state index in [1.165, 1.54) is 4.31 Å². The largest absolute Gasteiger partial charge is 0.486 e. The molecule has 0 fully saturated rings. The minimum atomic E-state index is -3.92. The van der Waals surface area contributed by atoms with Gasteiger partial charge in [0.2, 0.25) is 15.9 Å². The minimum Gasteiger partial charge on any atom is -0.486 e. The van der Waals surface area contributed by atoms with Crippen LogP contribution >= 0.6 is 0 Å². The molecule has 1 aliphatic rings. The quantitative estimate of drug-likeness (QED) is 0.506. The second-order valence-electron chi connectivity index (χ2n) is 8.71. The summed E-state index contributed by atoms with van der Waals surface area (Å²) < 4.78 is 40.0. The highest BCUT2D eigenvalue weighted by Crippen LogP contribution is 2.32.